The van der Waals surface area contributed by atoms with Gasteiger partial charge >= 0.3 is 0 Å². The molecule has 0 aliphatic rings. The molecule has 0 saturated heterocycles. The van der Waals surface area contributed by atoms with Crippen molar-refractivity contribution in [3.05, 3.63) is 52.2 Å². The molecule has 0 saturated carbocycles. The maximum atomic E-state index is 5.77. The van der Waals surface area contributed by atoms with Gasteiger partial charge in [0.15, 0.2) is 5.96 Å². The van der Waals surface area contributed by atoms with Crippen molar-refractivity contribution in [2.24, 2.45) is 4.99 Å². The number of guanidine groups is 1. The Balaban J connectivity index is 1.80. The average molecular weight is 375 g/mol. The summed E-state index contributed by atoms with van der Waals surface area (Å²) in [6, 6.07) is 12.4. The van der Waals surface area contributed by atoms with Crippen molar-refractivity contribution in [1.29, 1.82) is 0 Å². The lowest BCUT2D eigenvalue weighted by Crippen LogP contribution is -2.36. The van der Waals surface area contributed by atoms with Gasteiger partial charge in [-0.05, 0) is 56.6 Å². The second-order valence-electron chi connectivity index (χ2n) is 6.28. The lowest BCUT2D eigenvalue weighted by Gasteiger charge is -2.11. The monoisotopic (exact) mass is 374 g/mol. The van der Waals surface area contributed by atoms with Crippen LogP contribution in [0, 0.1) is 0 Å². The van der Waals surface area contributed by atoms with Gasteiger partial charge in [0.25, 0.3) is 0 Å². The van der Waals surface area contributed by atoms with Gasteiger partial charge in [0.1, 0.15) is 5.75 Å². The molecule has 26 heavy (non-hydrogen) atoms. The Kier molecular flexibility index (Phi) is 9.00. The lowest BCUT2D eigenvalue weighted by molar-refractivity contribution is 0.281. The first-order valence-electron chi connectivity index (χ1n) is 9.08. The van der Waals surface area contributed by atoms with Gasteiger partial charge in [-0.1, -0.05) is 18.2 Å². The molecule has 0 atom stereocenters. The summed E-state index contributed by atoms with van der Waals surface area (Å²) in [7, 11) is 4.15. The van der Waals surface area contributed by atoms with E-state index in [0.29, 0.717) is 6.54 Å². The Bertz CT molecular complexity index is 638. The Morgan fingerprint density at radius 3 is 2.62 bits per heavy atom. The summed E-state index contributed by atoms with van der Waals surface area (Å²) < 4.78 is 5.77. The average Bonchev–Trinajstić information content (AvgIpc) is 3.15. The van der Waals surface area contributed by atoms with Crippen LogP contribution in [-0.4, -0.2) is 44.7 Å². The van der Waals surface area contributed by atoms with Crippen molar-refractivity contribution in [2.45, 2.75) is 26.4 Å². The normalized spacial score (nSPS) is 11.6. The van der Waals surface area contributed by atoms with Gasteiger partial charge in [0, 0.05) is 18.0 Å². The van der Waals surface area contributed by atoms with Crippen LogP contribution in [-0.2, 0) is 13.1 Å². The van der Waals surface area contributed by atoms with Crippen molar-refractivity contribution < 1.29 is 4.74 Å². The first kappa shape index (κ1) is 20.3. The zero-order chi connectivity index (χ0) is 18.6. The highest BCUT2D eigenvalue weighted by Crippen LogP contribution is 2.13. The summed E-state index contributed by atoms with van der Waals surface area (Å²) in [6.07, 6.45) is 1.03. The third-order valence-electron chi connectivity index (χ3n) is 3.72. The third-order valence-corrected chi connectivity index (χ3v) is 4.59. The van der Waals surface area contributed by atoms with Gasteiger partial charge in [-0.15, -0.1) is 11.3 Å². The van der Waals surface area contributed by atoms with Crippen molar-refractivity contribution >= 4 is 17.3 Å². The fraction of sp³-hybridized carbons (Fsp3) is 0.450. The number of rotatable bonds is 10. The molecule has 6 heteroatoms. The number of ether oxygens (including phenoxy) is 1. The summed E-state index contributed by atoms with van der Waals surface area (Å²) in [5.41, 5.74) is 1.17. The van der Waals surface area contributed by atoms with E-state index in [1.165, 1.54) is 10.4 Å². The molecule has 2 rings (SSSR count). The molecule has 0 spiro atoms. The first-order valence-corrected chi connectivity index (χ1v) is 9.96. The van der Waals surface area contributed by atoms with E-state index in [-0.39, 0.29) is 0 Å². The van der Waals surface area contributed by atoms with E-state index in [0.717, 1.165) is 44.4 Å². The highest BCUT2D eigenvalue weighted by atomic mass is 32.1. The van der Waals surface area contributed by atoms with Crippen LogP contribution in [0.25, 0.3) is 0 Å². The number of nitrogens with one attached hydrogen (secondary N) is 2. The number of benzene rings is 1. The Morgan fingerprint density at radius 2 is 1.96 bits per heavy atom. The van der Waals surface area contributed by atoms with E-state index >= 15 is 0 Å². The smallest absolute Gasteiger partial charge is 0.191 e. The topological polar surface area (TPSA) is 48.9 Å². The molecule has 0 bridgehead atoms. The van der Waals surface area contributed by atoms with E-state index < -0.39 is 0 Å². The first-order chi connectivity index (χ1) is 12.7. The highest BCUT2D eigenvalue weighted by Gasteiger charge is 2.00. The molecule has 2 aromatic rings. The van der Waals surface area contributed by atoms with Crippen molar-refractivity contribution in [2.75, 3.05) is 33.8 Å². The predicted octanol–water partition coefficient (Wildman–Crippen LogP) is 3.33. The van der Waals surface area contributed by atoms with Gasteiger partial charge in [-0.3, -0.25) is 0 Å². The van der Waals surface area contributed by atoms with Gasteiger partial charge in [-0.2, -0.15) is 0 Å². The van der Waals surface area contributed by atoms with Crippen molar-refractivity contribution in [1.82, 2.24) is 15.5 Å². The fourth-order valence-corrected chi connectivity index (χ4v) is 3.00. The molecule has 0 unspecified atom stereocenters. The minimum atomic E-state index is 0.640. The third kappa shape index (κ3) is 7.89. The SMILES string of the molecule is CCNC(=NCc1ccc(OCCCN(C)C)cc1)NCc1cccs1. The standard InChI is InChI=1S/C20H30N4OS/c1-4-21-20(23-16-19-7-5-14-26-19)22-15-17-8-10-18(11-9-17)25-13-6-12-24(2)3/h5,7-11,14H,4,6,12-13,15-16H2,1-3H3,(H2,21,22,23). The minimum Gasteiger partial charge on any atom is -0.494 e. The molecule has 1 heterocycles. The number of hydrogen-bond acceptors (Lipinski definition) is 4. The zero-order valence-corrected chi connectivity index (χ0v) is 16.8. The van der Waals surface area contributed by atoms with Gasteiger partial charge in [-0.25, -0.2) is 4.99 Å². The largest absolute Gasteiger partial charge is 0.494 e. The minimum absolute atomic E-state index is 0.640. The Labute approximate surface area is 161 Å². The Morgan fingerprint density at radius 1 is 1.15 bits per heavy atom. The molecule has 142 valence electrons. The van der Waals surface area contributed by atoms with Crippen LogP contribution < -0.4 is 15.4 Å². The van der Waals surface area contributed by atoms with Crippen LogP contribution in [0.1, 0.15) is 23.8 Å². The molecule has 0 aliphatic heterocycles. The molecule has 0 amide bonds. The number of nitrogens with zero attached hydrogens (tertiary/aromatic N) is 2. The molecule has 0 aliphatic carbocycles. The van der Waals surface area contributed by atoms with Crippen LogP contribution in [0.5, 0.6) is 5.75 Å². The van der Waals surface area contributed by atoms with E-state index in [9.17, 15) is 0 Å². The lowest BCUT2D eigenvalue weighted by atomic mass is 10.2. The summed E-state index contributed by atoms with van der Waals surface area (Å²) in [4.78, 5) is 8.12. The molecule has 0 fully saturated rings. The summed E-state index contributed by atoms with van der Waals surface area (Å²) in [5.74, 6) is 1.75. The van der Waals surface area contributed by atoms with Crippen LogP contribution in [0.3, 0.4) is 0 Å². The second kappa shape index (κ2) is 11.5. The predicted molar refractivity (Wildman–Crippen MR) is 111 cm³/mol. The summed E-state index contributed by atoms with van der Waals surface area (Å²) >= 11 is 1.75. The number of thiophene rings is 1. The quantitative estimate of drug-likeness (QED) is 0.380. The van der Waals surface area contributed by atoms with E-state index in [4.69, 9.17) is 4.74 Å². The number of hydrogen-bond donors (Lipinski definition) is 2. The molecule has 2 N–H and O–H groups in total. The van der Waals surface area contributed by atoms with Crippen molar-refractivity contribution in [3.8, 4) is 5.75 Å². The summed E-state index contributed by atoms with van der Waals surface area (Å²) in [5, 5.41) is 8.74. The van der Waals surface area contributed by atoms with Crippen LogP contribution >= 0.6 is 11.3 Å². The highest BCUT2D eigenvalue weighted by molar-refractivity contribution is 7.09. The molecule has 1 aromatic carbocycles. The molecular weight excluding hydrogens is 344 g/mol. The fourth-order valence-electron chi connectivity index (χ4n) is 2.36. The van der Waals surface area contributed by atoms with Gasteiger partial charge in [0.05, 0.1) is 19.7 Å². The van der Waals surface area contributed by atoms with E-state index in [1.807, 2.05) is 12.1 Å². The molecule has 0 radical (unpaired) electrons. The molecular formula is C20H30N4OS. The summed E-state index contributed by atoms with van der Waals surface area (Å²) in [6.45, 7) is 6.13. The van der Waals surface area contributed by atoms with Crippen LogP contribution in [0.4, 0.5) is 0 Å². The maximum absolute atomic E-state index is 5.77. The van der Waals surface area contributed by atoms with E-state index in [2.05, 4.69) is 71.2 Å². The second-order valence-corrected chi connectivity index (χ2v) is 7.31. The number of aliphatic imine (C=N–C) groups is 1. The van der Waals surface area contributed by atoms with Crippen LogP contribution in [0.15, 0.2) is 46.8 Å². The Hall–Kier alpha value is -2.05. The van der Waals surface area contributed by atoms with E-state index in [1.54, 1.807) is 11.3 Å². The van der Waals surface area contributed by atoms with Crippen LogP contribution in [0.2, 0.25) is 0 Å². The van der Waals surface area contributed by atoms with Gasteiger partial charge < -0.3 is 20.3 Å². The molecule has 1 aromatic heterocycles. The molecule has 5 nitrogen and oxygen atoms in total. The maximum Gasteiger partial charge on any atom is 0.191 e. The van der Waals surface area contributed by atoms with Gasteiger partial charge in [0.2, 0.25) is 0 Å². The zero-order valence-electron chi connectivity index (χ0n) is 16.0. The van der Waals surface area contributed by atoms with Crippen molar-refractivity contribution in [3.63, 3.8) is 0 Å².